The molecule has 0 spiro atoms. The number of methoxy groups -OCH3 is 1. The number of benzene rings is 1. The highest BCUT2D eigenvalue weighted by Gasteiger charge is 2.23. The molecule has 4 heteroatoms. The molecule has 1 saturated heterocycles. The highest BCUT2D eigenvalue weighted by Crippen LogP contribution is 2.38. The van der Waals surface area contributed by atoms with Gasteiger partial charge in [0.25, 0.3) is 0 Å². The summed E-state index contributed by atoms with van der Waals surface area (Å²) >= 11 is 0. The van der Waals surface area contributed by atoms with Crippen LogP contribution >= 0.6 is 0 Å². The third-order valence-corrected chi connectivity index (χ3v) is 3.12. The van der Waals surface area contributed by atoms with Crippen LogP contribution in [0.5, 0.6) is 11.5 Å². The summed E-state index contributed by atoms with van der Waals surface area (Å²) in [6.07, 6.45) is 0.779. The molecule has 1 aliphatic heterocycles. The van der Waals surface area contributed by atoms with Crippen molar-refractivity contribution in [1.29, 1.82) is 0 Å². The minimum Gasteiger partial charge on any atom is -0.504 e. The van der Waals surface area contributed by atoms with Crippen LogP contribution in [0.3, 0.4) is 0 Å². The van der Waals surface area contributed by atoms with Crippen LogP contribution < -0.4 is 10.1 Å². The number of phenols is 1. The molecule has 0 bridgehead atoms. The second-order valence-electron chi connectivity index (χ2n) is 4.11. The van der Waals surface area contributed by atoms with E-state index in [1.54, 1.807) is 13.2 Å². The number of nitrogens with one attached hydrogen (secondary N) is 1. The van der Waals surface area contributed by atoms with Crippen LogP contribution in [0.4, 0.5) is 0 Å². The molecule has 2 rings (SSSR count). The third-order valence-electron chi connectivity index (χ3n) is 3.12. The Morgan fingerprint density at radius 1 is 1.53 bits per heavy atom. The molecule has 17 heavy (non-hydrogen) atoms. The predicted octanol–water partition coefficient (Wildman–Crippen LogP) is 1.62. The van der Waals surface area contributed by atoms with E-state index >= 15 is 0 Å². The first kappa shape index (κ1) is 12.2. The number of hydrogen-bond acceptors (Lipinski definition) is 4. The maximum absolute atomic E-state index is 10.2. The normalized spacial score (nSPS) is 20.2. The van der Waals surface area contributed by atoms with E-state index in [1.165, 1.54) is 0 Å². The first-order valence-corrected chi connectivity index (χ1v) is 5.99. The molecule has 1 unspecified atom stereocenters. The van der Waals surface area contributed by atoms with Crippen molar-refractivity contribution in [3.8, 4) is 11.5 Å². The van der Waals surface area contributed by atoms with Crippen molar-refractivity contribution in [2.75, 3.05) is 26.8 Å². The maximum atomic E-state index is 10.2. The molecule has 94 valence electrons. The van der Waals surface area contributed by atoms with E-state index in [1.807, 2.05) is 6.07 Å². The molecular weight excluding hydrogens is 218 g/mol. The standard InChI is InChI=1S/C13H19NO3/c1-3-9-4-5-10(16-2)13(15)12(9)11-8-14-6-7-17-11/h4-5,11,14-15H,3,6-8H2,1-2H3. The van der Waals surface area contributed by atoms with Crippen LogP contribution in [0, 0.1) is 0 Å². The third kappa shape index (κ3) is 2.37. The quantitative estimate of drug-likeness (QED) is 0.839. The molecule has 1 heterocycles. The van der Waals surface area contributed by atoms with Gasteiger partial charge in [-0.15, -0.1) is 0 Å². The number of hydrogen-bond donors (Lipinski definition) is 2. The fourth-order valence-corrected chi connectivity index (χ4v) is 2.21. The maximum Gasteiger partial charge on any atom is 0.163 e. The molecule has 4 nitrogen and oxygen atoms in total. The van der Waals surface area contributed by atoms with E-state index < -0.39 is 0 Å². The Balaban J connectivity index is 2.40. The number of rotatable bonds is 3. The highest BCUT2D eigenvalue weighted by atomic mass is 16.5. The van der Waals surface area contributed by atoms with Gasteiger partial charge in [0.2, 0.25) is 0 Å². The lowest BCUT2D eigenvalue weighted by atomic mass is 9.98. The van der Waals surface area contributed by atoms with Gasteiger partial charge in [0, 0.05) is 18.7 Å². The summed E-state index contributed by atoms with van der Waals surface area (Å²) in [6, 6.07) is 3.79. The largest absolute Gasteiger partial charge is 0.504 e. The summed E-state index contributed by atoms with van der Waals surface area (Å²) in [5.41, 5.74) is 1.97. The van der Waals surface area contributed by atoms with Gasteiger partial charge in [-0.2, -0.15) is 0 Å². The van der Waals surface area contributed by atoms with Gasteiger partial charge in [-0.25, -0.2) is 0 Å². The Bertz CT molecular complexity index is 386. The number of morpholine rings is 1. The van der Waals surface area contributed by atoms with Gasteiger partial charge in [0.1, 0.15) is 0 Å². The summed E-state index contributed by atoms with van der Waals surface area (Å²) in [4.78, 5) is 0. The van der Waals surface area contributed by atoms with Crippen molar-refractivity contribution in [2.24, 2.45) is 0 Å². The van der Waals surface area contributed by atoms with Gasteiger partial charge < -0.3 is 19.9 Å². The Kier molecular flexibility index (Phi) is 3.86. The monoisotopic (exact) mass is 237 g/mol. The zero-order valence-electron chi connectivity index (χ0n) is 10.3. The lowest BCUT2D eigenvalue weighted by Crippen LogP contribution is -2.33. The Morgan fingerprint density at radius 2 is 2.35 bits per heavy atom. The van der Waals surface area contributed by atoms with Crippen LogP contribution in [0.1, 0.15) is 24.2 Å². The minimum absolute atomic E-state index is 0.0891. The van der Waals surface area contributed by atoms with Crippen molar-refractivity contribution >= 4 is 0 Å². The second kappa shape index (κ2) is 5.38. The van der Waals surface area contributed by atoms with E-state index in [0.29, 0.717) is 12.4 Å². The molecule has 0 radical (unpaired) electrons. The summed E-state index contributed by atoms with van der Waals surface area (Å²) in [5.74, 6) is 0.715. The molecule has 1 aromatic carbocycles. The van der Waals surface area contributed by atoms with Crippen LogP contribution in [-0.4, -0.2) is 31.9 Å². The molecule has 1 fully saturated rings. The zero-order chi connectivity index (χ0) is 12.3. The van der Waals surface area contributed by atoms with Gasteiger partial charge in [0.05, 0.1) is 19.8 Å². The van der Waals surface area contributed by atoms with Gasteiger partial charge >= 0.3 is 0 Å². The van der Waals surface area contributed by atoms with Crippen LogP contribution in [-0.2, 0) is 11.2 Å². The topological polar surface area (TPSA) is 50.7 Å². The highest BCUT2D eigenvalue weighted by molar-refractivity contribution is 5.51. The van der Waals surface area contributed by atoms with E-state index in [4.69, 9.17) is 9.47 Å². The van der Waals surface area contributed by atoms with Crippen molar-refractivity contribution in [3.05, 3.63) is 23.3 Å². The molecular formula is C13H19NO3. The Labute approximate surface area is 102 Å². The number of aromatic hydroxyl groups is 1. The Morgan fingerprint density at radius 3 is 2.94 bits per heavy atom. The average molecular weight is 237 g/mol. The molecule has 1 aliphatic rings. The van der Waals surface area contributed by atoms with Crippen LogP contribution in [0.25, 0.3) is 0 Å². The summed E-state index contributed by atoms with van der Waals surface area (Å²) in [6.45, 7) is 4.34. The van der Waals surface area contributed by atoms with Crippen molar-refractivity contribution < 1.29 is 14.6 Å². The fraction of sp³-hybridized carbons (Fsp3) is 0.538. The smallest absolute Gasteiger partial charge is 0.163 e. The molecule has 0 aromatic heterocycles. The predicted molar refractivity (Wildman–Crippen MR) is 65.6 cm³/mol. The number of phenolic OH excluding ortho intramolecular Hbond substituents is 1. The van der Waals surface area contributed by atoms with Crippen molar-refractivity contribution in [3.63, 3.8) is 0 Å². The zero-order valence-corrected chi connectivity index (χ0v) is 10.3. The van der Waals surface area contributed by atoms with Crippen molar-refractivity contribution in [1.82, 2.24) is 5.32 Å². The van der Waals surface area contributed by atoms with E-state index in [-0.39, 0.29) is 11.9 Å². The average Bonchev–Trinajstić information content (AvgIpc) is 2.39. The fourth-order valence-electron chi connectivity index (χ4n) is 2.21. The lowest BCUT2D eigenvalue weighted by Gasteiger charge is -2.27. The molecule has 0 amide bonds. The number of ether oxygens (including phenoxy) is 2. The molecule has 1 atom stereocenters. The molecule has 0 saturated carbocycles. The van der Waals surface area contributed by atoms with E-state index in [0.717, 1.165) is 30.6 Å². The molecule has 1 aromatic rings. The Hall–Kier alpha value is -1.26. The lowest BCUT2D eigenvalue weighted by molar-refractivity contribution is 0.0256. The molecule has 2 N–H and O–H groups in total. The van der Waals surface area contributed by atoms with Crippen LogP contribution in [0.2, 0.25) is 0 Å². The van der Waals surface area contributed by atoms with Crippen LogP contribution in [0.15, 0.2) is 12.1 Å². The first-order chi connectivity index (χ1) is 8.27. The van der Waals surface area contributed by atoms with Gasteiger partial charge in [-0.05, 0) is 18.1 Å². The second-order valence-corrected chi connectivity index (χ2v) is 4.11. The molecule has 0 aliphatic carbocycles. The SMILES string of the molecule is CCc1ccc(OC)c(O)c1C1CNCCO1. The van der Waals surface area contributed by atoms with Crippen molar-refractivity contribution in [2.45, 2.75) is 19.4 Å². The van der Waals surface area contributed by atoms with E-state index in [9.17, 15) is 5.11 Å². The van der Waals surface area contributed by atoms with Gasteiger partial charge in [-0.3, -0.25) is 0 Å². The summed E-state index contributed by atoms with van der Waals surface area (Å²) in [5, 5.41) is 13.5. The summed E-state index contributed by atoms with van der Waals surface area (Å²) < 4.78 is 10.9. The van der Waals surface area contributed by atoms with Gasteiger partial charge in [-0.1, -0.05) is 13.0 Å². The van der Waals surface area contributed by atoms with Gasteiger partial charge in [0.15, 0.2) is 11.5 Å². The summed E-state index contributed by atoms with van der Waals surface area (Å²) in [7, 11) is 1.56. The van der Waals surface area contributed by atoms with E-state index in [2.05, 4.69) is 12.2 Å². The first-order valence-electron chi connectivity index (χ1n) is 5.99. The minimum atomic E-state index is -0.0891. The number of aryl methyl sites for hydroxylation is 1.